The lowest BCUT2D eigenvalue weighted by Crippen LogP contribution is -2.33. The fourth-order valence-corrected chi connectivity index (χ4v) is 3.04. The molecule has 0 aromatic heterocycles. The van der Waals surface area contributed by atoms with Gasteiger partial charge in [-0.1, -0.05) is 32.0 Å². The highest BCUT2D eigenvalue weighted by molar-refractivity contribution is 5.31. The van der Waals surface area contributed by atoms with E-state index >= 15 is 0 Å². The lowest BCUT2D eigenvalue weighted by Gasteiger charge is -2.26. The van der Waals surface area contributed by atoms with Gasteiger partial charge in [0.2, 0.25) is 0 Å². The van der Waals surface area contributed by atoms with E-state index in [1.807, 2.05) is 0 Å². The molecular formula is C18H30N2. The standard InChI is InChI=1S/C18H30N2/c1-14-6-7-16(12-15(14)2)17(19)13-20-10-5-8-18(3,4)9-11-20/h6-7,12,17H,5,8-11,13,19H2,1-4H3. The highest BCUT2D eigenvalue weighted by Crippen LogP contribution is 2.30. The van der Waals surface area contributed by atoms with Crippen molar-refractivity contribution in [3.63, 3.8) is 0 Å². The van der Waals surface area contributed by atoms with E-state index in [4.69, 9.17) is 5.73 Å². The van der Waals surface area contributed by atoms with E-state index in [-0.39, 0.29) is 6.04 Å². The number of hydrogen-bond donors (Lipinski definition) is 1. The molecule has 1 aromatic rings. The second-order valence-electron chi connectivity index (χ2n) is 7.27. The van der Waals surface area contributed by atoms with Crippen LogP contribution in [0.5, 0.6) is 0 Å². The molecule has 1 aliphatic heterocycles. The van der Waals surface area contributed by atoms with E-state index < -0.39 is 0 Å². The van der Waals surface area contributed by atoms with E-state index in [2.05, 4.69) is 50.8 Å². The van der Waals surface area contributed by atoms with Crippen LogP contribution in [0, 0.1) is 19.3 Å². The molecule has 0 aliphatic carbocycles. The van der Waals surface area contributed by atoms with Crippen molar-refractivity contribution in [2.45, 2.75) is 53.0 Å². The molecule has 1 fully saturated rings. The normalized spacial score (nSPS) is 21.4. The first-order valence-electron chi connectivity index (χ1n) is 7.92. The number of nitrogens with zero attached hydrogens (tertiary/aromatic N) is 1. The minimum Gasteiger partial charge on any atom is -0.323 e. The molecule has 0 radical (unpaired) electrons. The summed E-state index contributed by atoms with van der Waals surface area (Å²) in [5.74, 6) is 0. The Morgan fingerprint density at radius 1 is 1.15 bits per heavy atom. The van der Waals surface area contributed by atoms with Crippen LogP contribution in [0.3, 0.4) is 0 Å². The molecule has 2 rings (SSSR count). The average molecular weight is 274 g/mol. The molecule has 112 valence electrons. The Balaban J connectivity index is 1.97. The molecule has 1 unspecified atom stereocenters. The van der Waals surface area contributed by atoms with Crippen LogP contribution >= 0.6 is 0 Å². The highest BCUT2D eigenvalue weighted by Gasteiger charge is 2.24. The van der Waals surface area contributed by atoms with Gasteiger partial charge >= 0.3 is 0 Å². The summed E-state index contributed by atoms with van der Waals surface area (Å²) < 4.78 is 0. The molecule has 2 heteroatoms. The summed E-state index contributed by atoms with van der Waals surface area (Å²) in [6.45, 7) is 12.5. The first kappa shape index (κ1) is 15.5. The van der Waals surface area contributed by atoms with Gasteiger partial charge in [-0.3, -0.25) is 0 Å². The molecule has 1 aromatic carbocycles. The predicted molar refractivity (Wildman–Crippen MR) is 86.9 cm³/mol. The molecule has 2 N–H and O–H groups in total. The van der Waals surface area contributed by atoms with Gasteiger partial charge in [-0.2, -0.15) is 0 Å². The molecule has 0 bridgehead atoms. The maximum absolute atomic E-state index is 6.42. The Morgan fingerprint density at radius 2 is 1.90 bits per heavy atom. The average Bonchev–Trinajstić information content (AvgIpc) is 2.54. The summed E-state index contributed by atoms with van der Waals surface area (Å²) >= 11 is 0. The molecule has 1 saturated heterocycles. The summed E-state index contributed by atoms with van der Waals surface area (Å²) in [6.07, 6.45) is 3.92. The van der Waals surface area contributed by atoms with Crippen molar-refractivity contribution in [2.75, 3.05) is 19.6 Å². The molecular weight excluding hydrogens is 244 g/mol. The number of benzene rings is 1. The second-order valence-corrected chi connectivity index (χ2v) is 7.27. The maximum atomic E-state index is 6.42. The van der Waals surface area contributed by atoms with Crippen molar-refractivity contribution in [1.82, 2.24) is 4.90 Å². The summed E-state index contributed by atoms with van der Waals surface area (Å²) in [5.41, 5.74) is 10.9. The van der Waals surface area contributed by atoms with E-state index in [1.54, 1.807) is 0 Å². The number of rotatable bonds is 3. The quantitative estimate of drug-likeness (QED) is 0.908. The molecule has 20 heavy (non-hydrogen) atoms. The topological polar surface area (TPSA) is 29.3 Å². The maximum Gasteiger partial charge on any atom is 0.0424 e. The van der Waals surface area contributed by atoms with Gasteiger partial charge in [-0.05, 0) is 68.3 Å². The molecule has 1 aliphatic rings. The van der Waals surface area contributed by atoms with Gasteiger partial charge < -0.3 is 10.6 Å². The fourth-order valence-electron chi connectivity index (χ4n) is 3.04. The Bertz CT molecular complexity index is 451. The van der Waals surface area contributed by atoms with E-state index in [0.29, 0.717) is 5.41 Å². The van der Waals surface area contributed by atoms with Crippen LogP contribution in [-0.4, -0.2) is 24.5 Å². The van der Waals surface area contributed by atoms with Crippen molar-refractivity contribution in [2.24, 2.45) is 11.1 Å². The number of nitrogens with two attached hydrogens (primary N) is 1. The lowest BCUT2D eigenvalue weighted by atomic mass is 9.85. The summed E-state index contributed by atoms with van der Waals surface area (Å²) in [6, 6.07) is 6.77. The van der Waals surface area contributed by atoms with Crippen LogP contribution in [0.2, 0.25) is 0 Å². The summed E-state index contributed by atoms with van der Waals surface area (Å²) in [5, 5.41) is 0. The third kappa shape index (κ3) is 4.07. The van der Waals surface area contributed by atoms with Gasteiger partial charge in [-0.15, -0.1) is 0 Å². The first-order chi connectivity index (χ1) is 9.37. The van der Waals surface area contributed by atoms with Crippen LogP contribution in [0.1, 0.15) is 55.8 Å². The molecule has 1 heterocycles. The van der Waals surface area contributed by atoms with E-state index in [0.717, 1.165) is 6.54 Å². The predicted octanol–water partition coefficient (Wildman–Crippen LogP) is 3.82. The Hall–Kier alpha value is -0.860. The molecule has 0 spiro atoms. The smallest absolute Gasteiger partial charge is 0.0424 e. The van der Waals surface area contributed by atoms with Gasteiger partial charge in [-0.25, -0.2) is 0 Å². The van der Waals surface area contributed by atoms with Crippen LogP contribution < -0.4 is 5.73 Å². The van der Waals surface area contributed by atoms with Crippen LogP contribution in [0.4, 0.5) is 0 Å². The van der Waals surface area contributed by atoms with Crippen molar-refractivity contribution < 1.29 is 0 Å². The van der Waals surface area contributed by atoms with Crippen LogP contribution in [-0.2, 0) is 0 Å². The highest BCUT2D eigenvalue weighted by atomic mass is 15.1. The fraction of sp³-hybridized carbons (Fsp3) is 0.667. The van der Waals surface area contributed by atoms with Crippen molar-refractivity contribution in [3.8, 4) is 0 Å². The zero-order valence-corrected chi connectivity index (χ0v) is 13.6. The minimum absolute atomic E-state index is 0.135. The van der Waals surface area contributed by atoms with Crippen LogP contribution in [0.25, 0.3) is 0 Å². The largest absolute Gasteiger partial charge is 0.323 e. The number of likely N-dealkylation sites (tertiary alicyclic amines) is 1. The third-order valence-electron chi connectivity index (χ3n) is 4.85. The van der Waals surface area contributed by atoms with Gasteiger partial charge in [0.15, 0.2) is 0 Å². The molecule has 2 nitrogen and oxygen atoms in total. The molecule has 0 amide bonds. The van der Waals surface area contributed by atoms with Gasteiger partial charge in [0.05, 0.1) is 0 Å². The Labute approximate surface area is 124 Å². The monoisotopic (exact) mass is 274 g/mol. The summed E-state index contributed by atoms with van der Waals surface area (Å²) in [7, 11) is 0. The van der Waals surface area contributed by atoms with E-state index in [1.165, 1.54) is 49.0 Å². The first-order valence-corrected chi connectivity index (χ1v) is 7.92. The SMILES string of the molecule is Cc1ccc(C(N)CN2CCCC(C)(C)CC2)cc1C. The van der Waals surface area contributed by atoms with Gasteiger partial charge in [0.1, 0.15) is 0 Å². The van der Waals surface area contributed by atoms with Gasteiger partial charge in [0.25, 0.3) is 0 Å². The number of hydrogen-bond acceptors (Lipinski definition) is 2. The second kappa shape index (κ2) is 6.28. The summed E-state index contributed by atoms with van der Waals surface area (Å²) in [4.78, 5) is 2.55. The number of aryl methyl sites for hydroxylation is 2. The zero-order valence-electron chi connectivity index (χ0n) is 13.6. The van der Waals surface area contributed by atoms with Crippen molar-refractivity contribution in [1.29, 1.82) is 0 Å². The third-order valence-corrected chi connectivity index (χ3v) is 4.85. The van der Waals surface area contributed by atoms with Gasteiger partial charge in [0, 0.05) is 12.6 Å². The van der Waals surface area contributed by atoms with Crippen molar-refractivity contribution >= 4 is 0 Å². The van der Waals surface area contributed by atoms with Crippen LogP contribution in [0.15, 0.2) is 18.2 Å². The van der Waals surface area contributed by atoms with E-state index in [9.17, 15) is 0 Å². The molecule has 0 saturated carbocycles. The lowest BCUT2D eigenvalue weighted by molar-refractivity contribution is 0.250. The Morgan fingerprint density at radius 3 is 2.60 bits per heavy atom. The Kier molecular flexibility index (Phi) is 4.87. The zero-order chi connectivity index (χ0) is 14.8. The minimum atomic E-state index is 0.135. The molecule has 1 atom stereocenters. The van der Waals surface area contributed by atoms with Crippen molar-refractivity contribution in [3.05, 3.63) is 34.9 Å².